The molecule has 1 saturated heterocycles. The second kappa shape index (κ2) is 4.64. The lowest BCUT2D eigenvalue weighted by Gasteiger charge is -2.21. The Bertz CT molecular complexity index is 520. The van der Waals surface area contributed by atoms with Crippen LogP contribution < -0.4 is 0 Å². The number of halogens is 4. The van der Waals surface area contributed by atoms with Gasteiger partial charge in [0, 0.05) is 5.92 Å². The number of alkyl halides is 3. The number of carbonyl (C=O) groups is 2. The van der Waals surface area contributed by atoms with Gasteiger partial charge in [0.1, 0.15) is 5.82 Å². The third kappa shape index (κ3) is 2.74. The van der Waals surface area contributed by atoms with E-state index in [0.717, 1.165) is 12.1 Å². The fraction of sp³-hybridized carbons (Fsp3) is 0.333. The van der Waals surface area contributed by atoms with Crippen molar-refractivity contribution >= 4 is 11.9 Å². The molecule has 1 heterocycles. The van der Waals surface area contributed by atoms with Crippen molar-refractivity contribution in [1.29, 1.82) is 0 Å². The maximum atomic E-state index is 13.8. The predicted octanol–water partition coefficient (Wildman–Crippen LogP) is 2.79. The van der Waals surface area contributed by atoms with Gasteiger partial charge < -0.3 is 4.74 Å². The monoisotopic (exact) mass is 276 g/mol. The molecule has 19 heavy (non-hydrogen) atoms. The molecule has 0 radical (unpaired) electrons. The van der Waals surface area contributed by atoms with E-state index in [-0.39, 0.29) is 18.4 Å². The van der Waals surface area contributed by atoms with Crippen LogP contribution in [0.25, 0.3) is 0 Å². The zero-order valence-corrected chi connectivity index (χ0v) is 9.46. The van der Waals surface area contributed by atoms with E-state index < -0.39 is 35.4 Å². The van der Waals surface area contributed by atoms with Crippen molar-refractivity contribution < 1.29 is 31.9 Å². The summed E-state index contributed by atoms with van der Waals surface area (Å²) in [7, 11) is 0. The maximum Gasteiger partial charge on any atom is 0.419 e. The summed E-state index contributed by atoms with van der Waals surface area (Å²) >= 11 is 0. The van der Waals surface area contributed by atoms with Gasteiger partial charge in [0.15, 0.2) is 0 Å². The first-order chi connectivity index (χ1) is 8.79. The number of esters is 2. The third-order valence-corrected chi connectivity index (χ3v) is 2.83. The number of hydrogen-bond acceptors (Lipinski definition) is 3. The second-order valence-corrected chi connectivity index (χ2v) is 4.16. The van der Waals surface area contributed by atoms with Crippen molar-refractivity contribution in [2.75, 3.05) is 0 Å². The molecule has 0 amide bonds. The van der Waals surface area contributed by atoms with Crippen molar-refractivity contribution in [3.63, 3.8) is 0 Å². The maximum absolute atomic E-state index is 13.8. The largest absolute Gasteiger partial charge is 0.419 e. The summed E-state index contributed by atoms with van der Waals surface area (Å²) in [5.41, 5.74) is -1.70. The lowest BCUT2D eigenvalue weighted by atomic mass is 9.89. The Morgan fingerprint density at radius 1 is 1.11 bits per heavy atom. The molecule has 0 saturated carbocycles. The zero-order valence-electron chi connectivity index (χ0n) is 9.46. The Kier molecular flexibility index (Phi) is 3.30. The van der Waals surface area contributed by atoms with Crippen LogP contribution in [0.4, 0.5) is 17.6 Å². The van der Waals surface area contributed by atoms with E-state index in [1.54, 1.807) is 0 Å². The zero-order chi connectivity index (χ0) is 14.2. The van der Waals surface area contributed by atoms with Gasteiger partial charge in [-0.3, -0.25) is 9.59 Å². The highest BCUT2D eigenvalue weighted by atomic mass is 19.4. The molecule has 0 aliphatic carbocycles. The van der Waals surface area contributed by atoms with Crippen LogP contribution in [-0.4, -0.2) is 11.9 Å². The first-order valence-corrected chi connectivity index (χ1v) is 5.38. The van der Waals surface area contributed by atoms with Gasteiger partial charge in [-0.25, -0.2) is 4.39 Å². The van der Waals surface area contributed by atoms with E-state index in [0.29, 0.717) is 6.07 Å². The fourth-order valence-electron chi connectivity index (χ4n) is 1.99. The first-order valence-electron chi connectivity index (χ1n) is 5.38. The predicted molar refractivity (Wildman–Crippen MR) is 54.5 cm³/mol. The van der Waals surface area contributed by atoms with Gasteiger partial charge in [0.2, 0.25) is 0 Å². The van der Waals surface area contributed by atoms with E-state index in [1.807, 2.05) is 0 Å². The Hall–Kier alpha value is -1.92. The molecule has 1 aromatic rings. The summed E-state index contributed by atoms with van der Waals surface area (Å²) in [5.74, 6) is -4.09. The van der Waals surface area contributed by atoms with Crippen LogP contribution in [0.2, 0.25) is 0 Å². The molecular weight excluding hydrogens is 268 g/mol. The molecule has 3 nitrogen and oxygen atoms in total. The Morgan fingerprint density at radius 3 is 2.21 bits per heavy atom. The van der Waals surface area contributed by atoms with E-state index in [9.17, 15) is 27.2 Å². The van der Waals surface area contributed by atoms with Crippen LogP contribution in [0.5, 0.6) is 0 Å². The van der Waals surface area contributed by atoms with Crippen LogP contribution >= 0.6 is 0 Å². The normalized spacial score (nSPS) is 17.5. The molecule has 0 spiro atoms. The molecule has 0 unspecified atom stereocenters. The standard InChI is InChI=1S/C12H8F4O3/c13-11-7(2-1-3-8(11)12(14,15)16)6-4-9(17)19-10(18)5-6/h1-3,6H,4-5H2. The molecule has 0 N–H and O–H groups in total. The average molecular weight is 276 g/mol. The van der Waals surface area contributed by atoms with E-state index in [2.05, 4.69) is 4.74 Å². The van der Waals surface area contributed by atoms with Crippen molar-refractivity contribution in [2.24, 2.45) is 0 Å². The second-order valence-electron chi connectivity index (χ2n) is 4.16. The number of cyclic esters (lactones) is 2. The van der Waals surface area contributed by atoms with Gasteiger partial charge in [0.25, 0.3) is 0 Å². The van der Waals surface area contributed by atoms with Crippen LogP contribution in [-0.2, 0) is 20.5 Å². The molecule has 1 aliphatic rings. The summed E-state index contributed by atoms with van der Waals surface area (Å²) in [6.45, 7) is 0. The average Bonchev–Trinajstić information content (AvgIpc) is 2.26. The molecule has 0 atom stereocenters. The van der Waals surface area contributed by atoms with E-state index in [1.165, 1.54) is 0 Å². The molecule has 2 rings (SSSR count). The van der Waals surface area contributed by atoms with Crippen LogP contribution in [0.3, 0.4) is 0 Å². The SMILES string of the molecule is O=C1CC(c2cccc(C(F)(F)F)c2F)CC(=O)O1. The quantitative estimate of drug-likeness (QED) is 0.450. The van der Waals surface area contributed by atoms with Gasteiger partial charge >= 0.3 is 18.1 Å². The topological polar surface area (TPSA) is 43.4 Å². The number of carbonyl (C=O) groups excluding carboxylic acids is 2. The highest BCUT2D eigenvalue weighted by Gasteiger charge is 2.37. The van der Waals surface area contributed by atoms with Gasteiger partial charge in [-0.2, -0.15) is 13.2 Å². The molecule has 102 valence electrons. The Morgan fingerprint density at radius 2 is 1.68 bits per heavy atom. The molecule has 7 heteroatoms. The lowest BCUT2D eigenvalue weighted by molar-refractivity contribution is -0.163. The van der Waals surface area contributed by atoms with Crippen LogP contribution in [0.15, 0.2) is 18.2 Å². The summed E-state index contributed by atoms with van der Waals surface area (Å²) in [6.07, 6.45) is -5.45. The molecule has 1 aliphatic heterocycles. The van der Waals surface area contributed by atoms with Gasteiger partial charge in [-0.15, -0.1) is 0 Å². The minimum atomic E-state index is -4.82. The van der Waals surface area contributed by atoms with Crippen LogP contribution in [0.1, 0.15) is 29.9 Å². The summed E-state index contributed by atoms with van der Waals surface area (Å²) in [6, 6.07) is 2.80. The number of rotatable bonds is 1. The van der Waals surface area contributed by atoms with Gasteiger partial charge in [-0.05, 0) is 11.6 Å². The van der Waals surface area contributed by atoms with Gasteiger partial charge in [-0.1, -0.05) is 12.1 Å². The number of ether oxygens (including phenoxy) is 1. The molecular formula is C12H8F4O3. The fourth-order valence-corrected chi connectivity index (χ4v) is 1.99. The van der Waals surface area contributed by atoms with Gasteiger partial charge in [0.05, 0.1) is 18.4 Å². The van der Waals surface area contributed by atoms with Crippen molar-refractivity contribution in [2.45, 2.75) is 24.9 Å². The van der Waals surface area contributed by atoms with Crippen molar-refractivity contribution in [3.8, 4) is 0 Å². The number of benzene rings is 1. The minimum Gasteiger partial charge on any atom is -0.393 e. The van der Waals surface area contributed by atoms with Crippen molar-refractivity contribution in [1.82, 2.24) is 0 Å². The first kappa shape index (κ1) is 13.5. The van der Waals surface area contributed by atoms with E-state index in [4.69, 9.17) is 0 Å². The molecule has 1 aromatic carbocycles. The Labute approximate surface area is 105 Å². The summed E-state index contributed by atoms with van der Waals surface area (Å²) in [4.78, 5) is 22.1. The smallest absolute Gasteiger partial charge is 0.393 e. The molecule has 1 fully saturated rings. The third-order valence-electron chi connectivity index (χ3n) is 2.83. The number of hydrogen-bond donors (Lipinski definition) is 0. The molecule has 0 aromatic heterocycles. The minimum absolute atomic E-state index is 0.292. The summed E-state index contributed by atoms with van der Waals surface area (Å²) in [5, 5.41) is 0. The lowest BCUT2D eigenvalue weighted by Crippen LogP contribution is -2.25. The highest BCUT2D eigenvalue weighted by molar-refractivity contribution is 5.89. The Balaban J connectivity index is 2.40. The van der Waals surface area contributed by atoms with Crippen molar-refractivity contribution in [3.05, 3.63) is 35.1 Å². The summed E-state index contributed by atoms with van der Waals surface area (Å²) < 4.78 is 55.7. The van der Waals surface area contributed by atoms with Crippen LogP contribution in [0, 0.1) is 5.82 Å². The van der Waals surface area contributed by atoms with E-state index >= 15 is 0 Å². The highest BCUT2D eigenvalue weighted by Crippen LogP contribution is 2.37. The molecule has 0 bridgehead atoms.